The van der Waals surface area contributed by atoms with E-state index in [9.17, 15) is 0 Å². The van der Waals surface area contributed by atoms with Gasteiger partial charge in [0.1, 0.15) is 4.95 Å². The van der Waals surface area contributed by atoms with Gasteiger partial charge in [0.25, 0.3) is 0 Å². The molecule has 0 aromatic rings. The molecule has 0 aliphatic heterocycles. The summed E-state index contributed by atoms with van der Waals surface area (Å²) in [5, 5.41) is 0. The van der Waals surface area contributed by atoms with Crippen LogP contribution in [0.25, 0.3) is 0 Å². The van der Waals surface area contributed by atoms with Crippen LogP contribution in [-0.4, -0.2) is 30.1 Å². The van der Waals surface area contributed by atoms with Gasteiger partial charge in [0.15, 0.2) is 0 Å². The lowest BCUT2D eigenvalue weighted by Crippen LogP contribution is -2.45. The van der Waals surface area contributed by atoms with Crippen molar-refractivity contribution in [2.75, 3.05) is 20.6 Å². The predicted octanol–water partition coefficient (Wildman–Crippen LogP) is 7.68. The third kappa shape index (κ3) is 14.5. The normalized spacial score (nSPS) is 13.4. The number of rotatable bonds is 17. The molecule has 0 spiro atoms. The molecule has 0 aromatic carbocycles. The molecule has 23 heavy (non-hydrogen) atoms. The molecule has 0 N–H and O–H groups in total. The summed E-state index contributed by atoms with van der Waals surface area (Å²) in [6.45, 7) is 5.87. The Bertz CT molecular complexity index is 240. The van der Waals surface area contributed by atoms with Gasteiger partial charge in [0.2, 0.25) is 0 Å². The van der Waals surface area contributed by atoms with Gasteiger partial charge >= 0.3 is 0 Å². The minimum atomic E-state index is 0.615. The Morgan fingerprint density at radius 3 is 1.30 bits per heavy atom. The van der Waals surface area contributed by atoms with Gasteiger partial charge in [-0.3, -0.25) is 0 Å². The highest BCUT2D eigenvalue weighted by Gasteiger charge is 2.22. The van der Waals surface area contributed by atoms with Gasteiger partial charge in [-0.25, -0.2) is 0 Å². The fourth-order valence-electron chi connectivity index (χ4n) is 3.35. The second-order valence-corrected chi connectivity index (χ2v) is 9.00. The lowest BCUT2D eigenvalue weighted by Gasteiger charge is -2.34. The fourth-order valence-corrected chi connectivity index (χ4v) is 3.55. The fraction of sp³-hybridized carbons (Fsp3) is 1.00. The van der Waals surface area contributed by atoms with Crippen LogP contribution in [0.4, 0.5) is 0 Å². The van der Waals surface area contributed by atoms with Gasteiger partial charge < -0.3 is 4.48 Å². The van der Waals surface area contributed by atoms with E-state index in [2.05, 4.69) is 43.9 Å². The van der Waals surface area contributed by atoms with Gasteiger partial charge in [0.05, 0.1) is 20.6 Å². The molecule has 0 saturated carbocycles. The van der Waals surface area contributed by atoms with E-state index in [1.807, 2.05) is 0 Å². The molecular weight excluding hydrogens is 346 g/mol. The van der Waals surface area contributed by atoms with Gasteiger partial charge in [-0.2, -0.15) is 0 Å². The standard InChI is InChI=1S/C21H45BrN/c1-5-7-8-9-10-11-12-13-14-15-16-17-18-19-20-23(3,4)21(22)6-2/h21H,5-20H2,1-4H3/q+1. The molecule has 0 fully saturated rings. The van der Waals surface area contributed by atoms with Crippen molar-refractivity contribution in [3.8, 4) is 0 Å². The van der Waals surface area contributed by atoms with Gasteiger partial charge in [-0.1, -0.05) is 90.9 Å². The van der Waals surface area contributed by atoms with Crippen molar-refractivity contribution < 1.29 is 4.48 Å². The smallest absolute Gasteiger partial charge is 0.143 e. The van der Waals surface area contributed by atoms with Crippen molar-refractivity contribution in [3.63, 3.8) is 0 Å². The summed E-state index contributed by atoms with van der Waals surface area (Å²) in [5.74, 6) is 0. The van der Waals surface area contributed by atoms with E-state index in [-0.39, 0.29) is 0 Å². The zero-order chi connectivity index (χ0) is 17.4. The summed E-state index contributed by atoms with van der Waals surface area (Å²) in [6, 6.07) is 0. The Balaban J connectivity index is 3.22. The highest BCUT2D eigenvalue weighted by Crippen LogP contribution is 2.19. The second kappa shape index (κ2) is 15.9. The first-order valence-electron chi connectivity index (χ1n) is 10.5. The topological polar surface area (TPSA) is 0 Å². The van der Waals surface area contributed by atoms with Crippen LogP contribution in [0.5, 0.6) is 0 Å². The number of halogens is 1. The van der Waals surface area contributed by atoms with Crippen LogP contribution < -0.4 is 0 Å². The average molecular weight is 392 g/mol. The number of nitrogens with zero attached hydrogens (tertiary/aromatic N) is 1. The first kappa shape index (κ1) is 23.4. The number of hydrogen-bond acceptors (Lipinski definition) is 0. The summed E-state index contributed by atoms with van der Waals surface area (Å²) in [7, 11) is 4.70. The van der Waals surface area contributed by atoms with Crippen LogP contribution in [0.15, 0.2) is 0 Å². The van der Waals surface area contributed by atoms with Crippen molar-refractivity contribution in [1.82, 2.24) is 0 Å². The van der Waals surface area contributed by atoms with Crippen molar-refractivity contribution in [3.05, 3.63) is 0 Å². The highest BCUT2D eigenvalue weighted by atomic mass is 79.9. The third-order valence-corrected chi connectivity index (χ3v) is 6.94. The summed E-state index contributed by atoms with van der Waals surface area (Å²) in [6.07, 6.45) is 21.5. The molecule has 140 valence electrons. The molecule has 0 bridgehead atoms. The molecule has 0 rings (SSSR count). The van der Waals surface area contributed by atoms with Crippen LogP contribution in [-0.2, 0) is 0 Å². The van der Waals surface area contributed by atoms with Crippen LogP contribution in [0.3, 0.4) is 0 Å². The lowest BCUT2D eigenvalue weighted by atomic mass is 10.0. The Morgan fingerprint density at radius 2 is 0.957 bits per heavy atom. The maximum absolute atomic E-state index is 3.81. The number of hydrogen-bond donors (Lipinski definition) is 0. The molecule has 1 atom stereocenters. The average Bonchev–Trinajstić information content (AvgIpc) is 2.54. The van der Waals surface area contributed by atoms with Crippen LogP contribution >= 0.6 is 15.9 Å². The molecule has 1 nitrogen and oxygen atoms in total. The van der Waals surface area contributed by atoms with E-state index in [0.717, 1.165) is 4.48 Å². The maximum Gasteiger partial charge on any atom is 0.143 e. The van der Waals surface area contributed by atoms with E-state index in [1.54, 1.807) is 0 Å². The summed E-state index contributed by atoms with van der Waals surface area (Å²) >= 11 is 3.81. The summed E-state index contributed by atoms with van der Waals surface area (Å²) < 4.78 is 1.12. The summed E-state index contributed by atoms with van der Waals surface area (Å²) in [5.41, 5.74) is 0. The van der Waals surface area contributed by atoms with E-state index in [4.69, 9.17) is 0 Å². The van der Waals surface area contributed by atoms with Gasteiger partial charge in [-0.15, -0.1) is 0 Å². The largest absolute Gasteiger partial charge is 0.317 e. The first-order chi connectivity index (χ1) is 11.0. The zero-order valence-corrected chi connectivity index (χ0v) is 18.3. The third-order valence-electron chi connectivity index (χ3n) is 5.18. The number of alkyl halides is 1. The molecule has 0 heterocycles. The molecule has 1 unspecified atom stereocenters. The molecule has 0 aliphatic rings. The van der Waals surface area contributed by atoms with E-state index >= 15 is 0 Å². The molecule has 0 aliphatic carbocycles. The van der Waals surface area contributed by atoms with E-state index < -0.39 is 0 Å². The van der Waals surface area contributed by atoms with Crippen molar-refractivity contribution in [1.29, 1.82) is 0 Å². The Kier molecular flexibility index (Phi) is 16.2. The van der Waals surface area contributed by atoms with Crippen molar-refractivity contribution in [2.45, 2.75) is 115 Å². The SMILES string of the molecule is CCCCCCCCCCCCCCCC[N+](C)(C)C(Br)CC. The minimum Gasteiger partial charge on any atom is -0.317 e. The quantitative estimate of drug-likeness (QED) is 0.103. The van der Waals surface area contributed by atoms with Gasteiger partial charge in [0, 0.05) is 6.42 Å². The second-order valence-electron chi connectivity index (χ2n) is 7.94. The van der Waals surface area contributed by atoms with Crippen molar-refractivity contribution >= 4 is 15.9 Å². The predicted molar refractivity (Wildman–Crippen MR) is 110 cm³/mol. The highest BCUT2D eigenvalue weighted by molar-refractivity contribution is 9.09. The molecular formula is C21H45BrN+. The maximum atomic E-state index is 3.81. The molecule has 2 heteroatoms. The van der Waals surface area contributed by atoms with Crippen molar-refractivity contribution in [2.24, 2.45) is 0 Å². The van der Waals surface area contributed by atoms with Crippen LogP contribution in [0.1, 0.15) is 110 Å². The molecule has 0 saturated heterocycles. The molecule has 0 amide bonds. The number of quaternary nitrogens is 1. The van der Waals surface area contributed by atoms with E-state index in [0.29, 0.717) is 4.95 Å². The Hall–Kier alpha value is 0.440. The first-order valence-corrected chi connectivity index (χ1v) is 11.4. The number of unbranched alkanes of at least 4 members (excludes halogenated alkanes) is 13. The zero-order valence-electron chi connectivity index (χ0n) is 16.7. The minimum absolute atomic E-state index is 0.615. The molecule has 0 radical (unpaired) electrons. The molecule has 0 aromatic heterocycles. The lowest BCUT2D eigenvalue weighted by molar-refractivity contribution is -0.899. The van der Waals surface area contributed by atoms with Gasteiger partial charge in [-0.05, 0) is 28.8 Å². The Morgan fingerprint density at radius 1 is 0.609 bits per heavy atom. The monoisotopic (exact) mass is 390 g/mol. The summed E-state index contributed by atoms with van der Waals surface area (Å²) in [4.78, 5) is 0.615. The van der Waals surface area contributed by atoms with Crippen LogP contribution in [0, 0.1) is 0 Å². The van der Waals surface area contributed by atoms with E-state index in [1.165, 1.54) is 103 Å². The Labute approximate surface area is 156 Å². The van der Waals surface area contributed by atoms with Crippen LogP contribution in [0.2, 0.25) is 0 Å².